The zero-order valence-corrected chi connectivity index (χ0v) is 25.4. The number of carbonyl (C=O) groups is 1. The molecule has 2 aromatic heterocycles. The van der Waals surface area contributed by atoms with Crippen molar-refractivity contribution < 1.29 is 14.3 Å². The molecule has 0 radical (unpaired) electrons. The van der Waals surface area contributed by atoms with Crippen LogP contribution in [-0.2, 0) is 17.9 Å². The summed E-state index contributed by atoms with van der Waals surface area (Å²) in [7, 11) is 2.04. The maximum absolute atomic E-state index is 13.0. The van der Waals surface area contributed by atoms with E-state index in [9.17, 15) is 4.79 Å². The van der Waals surface area contributed by atoms with Crippen LogP contribution in [0.15, 0.2) is 91.4 Å². The summed E-state index contributed by atoms with van der Waals surface area (Å²) < 4.78 is 11.7. The lowest BCUT2D eigenvalue weighted by Crippen LogP contribution is -2.51. The third-order valence-corrected chi connectivity index (χ3v) is 7.32. The van der Waals surface area contributed by atoms with Gasteiger partial charge in [-0.3, -0.25) is 4.98 Å². The second-order valence-electron chi connectivity index (χ2n) is 11.8. The standard InChI is InChI=1S/C34H40N6O3/c1-34(2,3)43-33(41)39-22-8-11-30(24-39)40(32-36-21-18-31(37-32)42-25-27-9-6-5-7-10-27)23-26-12-14-28(15-13-26)38(4)29-16-19-35-20-17-29/h5-7,9-10,12-21,30H,8,11,22-25H2,1-4H3/t30-/m0/s1. The predicted octanol–water partition coefficient (Wildman–Crippen LogP) is 6.62. The van der Waals surface area contributed by atoms with Crippen molar-refractivity contribution in [2.24, 2.45) is 0 Å². The summed E-state index contributed by atoms with van der Waals surface area (Å²) in [4.78, 5) is 32.7. The van der Waals surface area contributed by atoms with E-state index in [1.807, 2.05) is 70.3 Å². The maximum atomic E-state index is 13.0. The number of aromatic nitrogens is 3. The molecule has 0 aliphatic carbocycles. The Kier molecular flexibility index (Phi) is 9.39. The van der Waals surface area contributed by atoms with Crippen LogP contribution in [0.4, 0.5) is 22.1 Å². The van der Waals surface area contributed by atoms with Crippen LogP contribution in [0, 0.1) is 0 Å². The van der Waals surface area contributed by atoms with Crippen molar-refractivity contribution in [1.29, 1.82) is 0 Å². The molecule has 3 heterocycles. The summed E-state index contributed by atoms with van der Waals surface area (Å²) in [6.07, 6.45) is 6.79. The third kappa shape index (κ3) is 8.22. The number of carbonyl (C=O) groups excluding carboxylic acids is 1. The maximum Gasteiger partial charge on any atom is 0.410 e. The van der Waals surface area contributed by atoms with Gasteiger partial charge in [-0.1, -0.05) is 42.5 Å². The number of likely N-dealkylation sites (tertiary alicyclic amines) is 1. The van der Waals surface area contributed by atoms with Gasteiger partial charge in [0.1, 0.15) is 12.2 Å². The lowest BCUT2D eigenvalue weighted by atomic mass is 10.0. The Hall–Kier alpha value is -4.66. The Morgan fingerprint density at radius 1 is 0.930 bits per heavy atom. The van der Waals surface area contributed by atoms with E-state index >= 15 is 0 Å². The first-order valence-corrected chi connectivity index (χ1v) is 14.7. The monoisotopic (exact) mass is 580 g/mol. The van der Waals surface area contributed by atoms with Crippen molar-refractivity contribution in [3.05, 3.63) is 103 Å². The van der Waals surface area contributed by atoms with Crippen molar-refractivity contribution in [1.82, 2.24) is 19.9 Å². The highest BCUT2D eigenvalue weighted by atomic mass is 16.6. The van der Waals surface area contributed by atoms with Crippen LogP contribution >= 0.6 is 0 Å². The van der Waals surface area contributed by atoms with Crippen molar-refractivity contribution in [2.75, 3.05) is 29.9 Å². The number of rotatable bonds is 9. The second-order valence-corrected chi connectivity index (χ2v) is 11.8. The lowest BCUT2D eigenvalue weighted by molar-refractivity contribution is 0.0197. The lowest BCUT2D eigenvalue weighted by Gasteiger charge is -2.39. The smallest absolute Gasteiger partial charge is 0.410 e. The fraction of sp³-hybridized carbons (Fsp3) is 0.353. The highest BCUT2D eigenvalue weighted by Crippen LogP contribution is 2.27. The van der Waals surface area contributed by atoms with E-state index < -0.39 is 5.60 Å². The zero-order chi connectivity index (χ0) is 30.2. The molecule has 1 atom stereocenters. The van der Waals surface area contributed by atoms with Crippen LogP contribution < -0.4 is 14.5 Å². The summed E-state index contributed by atoms with van der Waals surface area (Å²) in [5.41, 5.74) is 3.76. The topological polar surface area (TPSA) is 83.9 Å². The number of hydrogen-bond donors (Lipinski definition) is 0. The van der Waals surface area contributed by atoms with Crippen LogP contribution in [-0.4, -0.2) is 57.7 Å². The molecule has 1 amide bonds. The van der Waals surface area contributed by atoms with Crippen molar-refractivity contribution in [3.8, 4) is 5.88 Å². The van der Waals surface area contributed by atoms with Crippen LogP contribution in [0.1, 0.15) is 44.7 Å². The van der Waals surface area contributed by atoms with E-state index in [2.05, 4.69) is 44.0 Å². The summed E-state index contributed by atoms with van der Waals surface area (Å²) in [6, 6.07) is 24.3. The molecule has 0 saturated carbocycles. The predicted molar refractivity (Wildman–Crippen MR) is 169 cm³/mol. The molecule has 1 fully saturated rings. The van der Waals surface area contributed by atoms with E-state index in [1.54, 1.807) is 29.6 Å². The van der Waals surface area contributed by atoms with Gasteiger partial charge in [0.2, 0.25) is 11.8 Å². The molecular weight excluding hydrogens is 540 g/mol. The van der Waals surface area contributed by atoms with Crippen LogP contribution in [0.2, 0.25) is 0 Å². The van der Waals surface area contributed by atoms with E-state index in [-0.39, 0.29) is 12.1 Å². The van der Waals surface area contributed by atoms with Gasteiger partial charge in [0.15, 0.2) is 0 Å². The Morgan fingerprint density at radius 3 is 2.37 bits per heavy atom. The molecule has 224 valence electrons. The largest absolute Gasteiger partial charge is 0.473 e. The second kappa shape index (κ2) is 13.5. The summed E-state index contributed by atoms with van der Waals surface area (Å²) >= 11 is 0. The quantitative estimate of drug-likeness (QED) is 0.218. The molecule has 43 heavy (non-hydrogen) atoms. The molecule has 4 aromatic rings. The molecular formula is C34H40N6O3. The number of nitrogens with zero attached hydrogens (tertiary/aromatic N) is 6. The molecule has 9 nitrogen and oxygen atoms in total. The molecule has 0 unspecified atom stereocenters. The van der Waals surface area contributed by atoms with Crippen LogP contribution in [0.3, 0.4) is 0 Å². The first-order chi connectivity index (χ1) is 20.7. The first kappa shape index (κ1) is 29.8. The molecule has 0 N–H and O–H groups in total. The van der Waals surface area contributed by atoms with Gasteiger partial charge in [-0.05, 0) is 69.0 Å². The molecule has 5 rings (SSSR count). The summed E-state index contributed by atoms with van der Waals surface area (Å²) in [5.74, 6) is 1.08. The van der Waals surface area contributed by atoms with Gasteiger partial charge in [-0.2, -0.15) is 4.98 Å². The molecule has 1 aliphatic heterocycles. The third-order valence-electron chi connectivity index (χ3n) is 7.32. The number of amides is 1. The molecule has 2 aromatic carbocycles. The van der Waals surface area contributed by atoms with E-state index in [1.165, 1.54) is 0 Å². The highest BCUT2D eigenvalue weighted by Gasteiger charge is 2.32. The molecule has 1 saturated heterocycles. The van der Waals surface area contributed by atoms with Crippen molar-refractivity contribution in [3.63, 3.8) is 0 Å². The van der Waals surface area contributed by atoms with Crippen molar-refractivity contribution >= 4 is 23.4 Å². The molecule has 0 spiro atoms. The zero-order valence-electron chi connectivity index (χ0n) is 25.4. The van der Waals surface area contributed by atoms with Gasteiger partial charge in [-0.25, -0.2) is 9.78 Å². The first-order valence-electron chi connectivity index (χ1n) is 14.7. The van der Waals surface area contributed by atoms with Gasteiger partial charge in [-0.15, -0.1) is 0 Å². The Balaban J connectivity index is 1.37. The molecule has 0 bridgehead atoms. The van der Waals surface area contributed by atoms with Crippen LogP contribution in [0.25, 0.3) is 0 Å². The van der Waals surface area contributed by atoms with E-state index in [0.29, 0.717) is 38.1 Å². The molecule has 9 heteroatoms. The fourth-order valence-electron chi connectivity index (χ4n) is 5.09. The highest BCUT2D eigenvalue weighted by molar-refractivity contribution is 5.68. The van der Waals surface area contributed by atoms with Gasteiger partial charge < -0.3 is 24.2 Å². The van der Waals surface area contributed by atoms with E-state index in [0.717, 1.165) is 35.3 Å². The Bertz CT molecular complexity index is 1460. The fourth-order valence-corrected chi connectivity index (χ4v) is 5.09. The van der Waals surface area contributed by atoms with Gasteiger partial charge >= 0.3 is 6.09 Å². The summed E-state index contributed by atoms with van der Waals surface area (Å²) in [6.45, 7) is 7.86. The number of benzene rings is 2. The van der Waals surface area contributed by atoms with Gasteiger partial charge in [0.25, 0.3) is 0 Å². The SMILES string of the molecule is CN(c1ccncc1)c1ccc(CN(c2nccc(OCc3ccccc3)n2)[C@H]2CCCN(C(=O)OC(C)(C)C)C2)cc1. The minimum absolute atomic E-state index is 0.00445. The van der Waals surface area contributed by atoms with Gasteiger partial charge in [0.05, 0.1) is 6.04 Å². The number of pyridine rings is 1. The van der Waals surface area contributed by atoms with Crippen molar-refractivity contribution in [2.45, 2.75) is 58.4 Å². The number of anilines is 3. The number of hydrogen-bond acceptors (Lipinski definition) is 8. The minimum atomic E-state index is -0.553. The normalized spacial score (nSPS) is 15.1. The number of piperidine rings is 1. The Labute approximate surface area is 254 Å². The van der Waals surface area contributed by atoms with Gasteiger partial charge in [0, 0.05) is 62.7 Å². The average Bonchev–Trinajstić information content (AvgIpc) is 3.03. The van der Waals surface area contributed by atoms with E-state index in [4.69, 9.17) is 14.5 Å². The van der Waals surface area contributed by atoms with Crippen LogP contribution in [0.5, 0.6) is 5.88 Å². The summed E-state index contributed by atoms with van der Waals surface area (Å²) in [5, 5.41) is 0. The average molecular weight is 581 g/mol. The minimum Gasteiger partial charge on any atom is -0.473 e. The number of ether oxygens (including phenoxy) is 2. The molecule has 1 aliphatic rings. The Morgan fingerprint density at radius 2 is 1.65 bits per heavy atom.